The summed E-state index contributed by atoms with van der Waals surface area (Å²) in [7, 11) is 15.4. The van der Waals surface area contributed by atoms with Crippen LogP contribution in [0, 0.1) is 5.92 Å². The molecule has 0 saturated carbocycles. The second-order valence-electron chi connectivity index (χ2n) is 22.5. The summed E-state index contributed by atoms with van der Waals surface area (Å²) in [4.78, 5) is 61.0. The van der Waals surface area contributed by atoms with Gasteiger partial charge in [0.15, 0.2) is 15.8 Å². The second-order valence-corrected chi connectivity index (χ2v) is 31.5. The van der Waals surface area contributed by atoms with Gasteiger partial charge in [0.25, 0.3) is 0 Å². The van der Waals surface area contributed by atoms with E-state index < -0.39 is 15.9 Å². The third kappa shape index (κ3) is 54.2. The summed E-state index contributed by atoms with van der Waals surface area (Å²) in [6.07, 6.45) is 4.18. The van der Waals surface area contributed by atoms with Gasteiger partial charge in [-0.25, -0.2) is 8.42 Å². The molecule has 5 rings (SSSR count). The Kier molecular flexibility index (Phi) is 69.1. The number of hydrogen-bond donors (Lipinski definition) is 10. The monoisotopic (exact) mass is 1720 g/mol. The SMILES string of the molecule is CC(=O)SCCS(=O)(=O)[O-].CC(CS)CC=O.CC(N)=O.CCC(N)CSC=O.CCCS.COc1ccc(C(CS)CC(C)=O)c(OC)c1.COc1ccc(C(N)CS)c(OC)c1.COc1ccc(C(N)CSC(C)=O)c(OC)c1.COc1ccc(C(N)CSSCC(N)c2ccc(OC)cc2OC)c(OC)c1. The van der Waals surface area contributed by atoms with E-state index in [2.05, 4.69) is 63.2 Å². The quantitative estimate of drug-likeness (QED) is 0.00580. The van der Waals surface area contributed by atoms with Crippen LogP contribution in [0.5, 0.6) is 57.5 Å². The number of methoxy groups -OCH3 is 10. The minimum Gasteiger partial charge on any atom is -0.748 e. The first kappa shape index (κ1) is 110. The predicted molar refractivity (Wildman–Crippen MR) is 467 cm³/mol. The number of ketones is 1. The summed E-state index contributed by atoms with van der Waals surface area (Å²) >= 11 is 19.6. The smallest absolute Gasteiger partial charge is 0.214 e. The number of thiol groups is 4. The number of nitrogens with two attached hydrogens (primary N) is 6. The lowest BCUT2D eigenvalue weighted by molar-refractivity contribution is -0.117. The fourth-order valence-electron chi connectivity index (χ4n) is 7.90. The molecule has 1 amide bonds. The number of aldehydes is 1. The molecule has 0 radical (unpaired) electrons. The Morgan fingerprint density at radius 1 is 0.486 bits per heavy atom. The summed E-state index contributed by atoms with van der Waals surface area (Å²) < 4.78 is 82.3. The Morgan fingerprint density at radius 2 is 0.807 bits per heavy atom. The molecule has 7 atom stereocenters. The second kappa shape index (κ2) is 68.4. The van der Waals surface area contributed by atoms with Crippen LogP contribution in [0.1, 0.15) is 132 Å². The van der Waals surface area contributed by atoms with Crippen molar-refractivity contribution in [1.82, 2.24) is 0 Å². The Morgan fingerprint density at radius 3 is 1.05 bits per heavy atom. The number of thioether (sulfide) groups is 3. The van der Waals surface area contributed by atoms with Crippen molar-refractivity contribution in [3.05, 3.63) is 119 Å². The van der Waals surface area contributed by atoms with E-state index in [1.807, 2.05) is 98.8 Å². The first-order chi connectivity index (χ1) is 51.6. The predicted octanol–water partition coefficient (Wildman–Crippen LogP) is 12.5. The standard InChI is InChI=1S/C20H28N2O4S2.C13H18O3S.C12H17NO3S.C10H15NO2S.C5H11NOS.C5H10OS.C4H8O4S2.C3H8S.C2H5NO/c1-23-13-5-7-15(19(9-13)25-3)17(21)11-27-28-12-18(22)16-8-6-14(24-2)10-20(16)26-4;1-9(14)6-10(8-17)12-5-4-11(15-2)7-13(12)16-3;1-8(14)17-7-11(13)10-5-4-9(15-2)6-12(10)16-3;1-12-7-3-4-8(9(11)6-14)10(5-7)13-2;1-2-5(6)3-8-4-7;1-5(4-7)2-3-6;1-4(5)9-2-3-10(6,7)8;1-2-3-4;1-2(3)4/h5-10,17-18H,11-12,21-22H2,1-4H3;4-5,7,10,17H,6,8H2,1-3H3;4-6,11H,7,13H2,1-3H3;3-5,9,14H,6,11H2,1-2H3;4-5H,2-3,6H2,1H3;3,5,7H,2,4H2,1H3;2-3H2,1H3,(H,6,7,8);4H,2-3H2,1H3;1H3,(H2,3,4)/p-1. The van der Waals surface area contributed by atoms with Crippen molar-refractivity contribution in [2.75, 3.05) is 129 Å². The van der Waals surface area contributed by atoms with Crippen LogP contribution in [0.3, 0.4) is 0 Å². The van der Waals surface area contributed by atoms with Gasteiger partial charge < -0.3 is 95.9 Å². The third-order valence-corrected chi connectivity index (χ3v) is 21.7. The number of hydrogen-bond acceptors (Lipinski definition) is 33. The summed E-state index contributed by atoms with van der Waals surface area (Å²) in [5, 5.41) is -0.114. The van der Waals surface area contributed by atoms with Gasteiger partial charge in [-0.15, -0.1) is 0 Å². The first-order valence-electron chi connectivity index (χ1n) is 33.6. The zero-order chi connectivity index (χ0) is 84.0. The molecule has 12 N–H and O–H groups in total. The van der Waals surface area contributed by atoms with E-state index in [0.29, 0.717) is 41.8 Å². The largest absolute Gasteiger partial charge is 0.748 e. The maximum atomic E-state index is 11.2. The van der Waals surface area contributed by atoms with E-state index >= 15 is 0 Å². The van der Waals surface area contributed by atoms with E-state index in [0.717, 1.165) is 138 Å². The Hall–Kier alpha value is -5.22. The van der Waals surface area contributed by atoms with Gasteiger partial charge in [-0.05, 0) is 78.8 Å². The van der Waals surface area contributed by atoms with E-state index in [9.17, 15) is 41.7 Å². The van der Waals surface area contributed by atoms with Crippen LogP contribution < -0.4 is 81.8 Å². The summed E-state index contributed by atoms with van der Waals surface area (Å²) in [5.74, 6) is 13.0. The number of carbonyl (C=O) groups is 6. The van der Waals surface area contributed by atoms with E-state index in [4.69, 9.17) is 76.0 Å². The highest BCUT2D eigenvalue weighted by molar-refractivity contribution is 8.76. The summed E-state index contributed by atoms with van der Waals surface area (Å²) in [6, 6.07) is 27.6. The van der Waals surface area contributed by atoms with Crippen molar-refractivity contribution < 1.29 is 89.1 Å². The van der Waals surface area contributed by atoms with E-state index in [1.165, 1.54) is 50.7 Å². The number of carbonyl (C=O) groups excluding carboxylic acids is 6. The van der Waals surface area contributed by atoms with Crippen molar-refractivity contribution in [3.63, 3.8) is 0 Å². The van der Waals surface area contributed by atoms with Gasteiger partial charge >= 0.3 is 0 Å². The lowest BCUT2D eigenvalue weighted by Gasteiger charge is -2.18. The zero-order valence-corrected chi connectivity index (χ0v) is 74.2. The van der Waals surface area contributed by atoms with Gasteiger partial charge in [-0.3, -0.25) is 19.2 Å². The average molecular weight is 1720 g/mol. The molecule has 5 aromatic carbocycles. The van der Waals surface area contributed by atoms with Crippen molar-refractivity contribution in [3.8, 4) is 57.5 Å². The fourth-order valence-corrected chi connectivity index (χ4v) is 13.5. The minimum absolute atomic E-state index is 0.0567. The highest BCUT2D eigenvalue weighted by Crippen LogP contribution is 2.38. The molecule has 35 heteroatoms. The number of rotatable bonds is 37. The van der Waals surface area contributed by atoms with Crippen LogP contribution in [0.25, 0.3) is 0 Å². The summed E-state index contributed by atoms with van der Waals surface area (Å²) in [5.41, 5.74) is 40.1. The zero-order valence-electron chi connectivity index (χ0n) is 65.7. The fraction of sp³-hybridized carbons (Fsp3) is 0.514. The number of amides is 1. The molecular formula is C74H119N6O19S10-. The number of primary amides is 1. The molecule has 0 saturated heterocycles. The van der Waals surface area contributed by atoms with Crippen LogP contribution in [0.15, 0.2) is 91.0 Å². The normalized spacial score (nSPS) is 12.0. The molecule has 7 unspecified atom stereocenters. The van der Waals surface area contributed by atoms with Gasteiger partial charge in [0, 0.05) is 163 Å². The van der Waals surface area contributed by atoms with Crippen molar-refractivity contribution in [2.24, 2.45) is 40.3 Å². The molecule has 0 aliphatic rings. The Balaban J connectivity index is -0.000000604. The molecule has 0 aliphatic carbocycles. The topological polar surface area (TPSA) is 408 Å². The molecule has 0 bridgehead atoms. The third-order valence-electron chi connectivity index (χ3n) is 13.8. The maximum Gasteiger partial charge on any atom is 0.214 e. The molecule has 0 fully saturated rings. The molecule has 0 spiro atoms. The molecule has 0 aromatic heterocycles. The molecule has 0 aliphatic heterocycles. The minimum atomic E-state index is -4.14. The molecule has 109 heavy (non-hydrogen) atoms. The van der Waals surface area contributed by atoms with Crippen molar-refractivity contribution >= 4 is 151 Å². The Bertz CT molecular complexity index is 3340. The van der Waals surface area contributed by atoms with E-state index in [1.54, 1.807) is 106 Å². The highest BCUT2D eigenvalue weighted by atomic mass is 33.1. The molecular weight excluding hydrogens is 1600 g/mol. The van der Waals surface area contributed by atoms with Crippen LogP contribution in [-0.2, 0) is 38.9 Å². The Labute approximate surface area is 690 Å². The lowest BCUT2D eigenvalue weighted by atomic mass is 9.95. The van der Waals surface area contributed by atoms with Crippen LogP contribution in [0.4, 0.5) is 0 Å². The van der Waals surface area contributed by atoms with Gasteiger partial charge in [-0.2, -0.15) is 50.5 Å². The maximum absolute atomic E-state index is 11.2. The van der Waals surface area contributed by atoms with Crippen molar-refractivity contribution in [2.45, 2.75) is 110 Å². The number of benzene rings is 5. The van der Waals surface area contributed by atoms with Crippen LogP contribution >= 0.6 is 107 Å². The van der Waals surface area contributed by atoms with Crippen LogP contribution in [-0.4, -0.2) is 181 Å². The van der Waals surface area contributed by atoms with Crippen molar-refractivity contribution in [1.29, 1.82) is 0 Å². The van der Waals surface area contributed by atoms with E-state index in [-0.39, 0.29) is 63.8 Å². The average Bonchev–Trinajstić information content (AvgIpc) is 0.868. The number of ether oxygens (including phenoxy) is 10. The van der Waals surface area contributed by atoms with Gasteiger partial charge in [-0.1, -0.05) is 108 Å². The number of Topliss-reactive ketones (excluding diaryl/α,β-unsaturated/α-hetero) is 1. The summed E-state index contributed by atoms with van der Waals surface area (Å²) in [6.45, 7) is 11.9. The molecule has 620 valence electrons. The van der Waals surface area contributed by atoms with Gasteiger partial charge in [0.2, 0.25) is 5.91 Å². The van der Waals surface area contributed by atoms with Gasteiger partial charge in [0.1, 0.15) is 69.6 Å². The van der Waals surface area contributed by atoms with Gasteiger partial charge in [0.05, 0.1) is 81.2 Å². The first-order valence-corrected chi connectivity index (χ1v) is 43.3. The lowest BCUT2D eigenvalue weighted by Crippen LogP contribution is -2.21. The molecule has 25 nitrogen and oxygen atoms in total. The van der Waals surface area contributed by atoms with Crippen LogP contribution in [0.2, 0.25) is 0 Å². The highest BCUT2D eigenvalue weighted by Gasteiger charge is 2.20. The molecule has 5 aromatic rings. The molecule has 0 heterocycles.